The average molecular weight is 486 g/mol. The summed E-state index contributed by atoms with van der Waals surface area (Å²) < 4.78 is 0. The van der Waals surface area contributed by atoms with Gasteiger partial charge in [-0.25, -0.2) is 4.98 Å². The predicted molar refractivity (Wildman–Crippen MR) is 157 cm³/mol. The molecular formula is C35H23N3. The van der Waals surface area contributed by atoms with E-state index in [9.17, 15) is 0 Å². The molecule has 3 nitrogen and oxygen atoms in total. The first-order chi connectivity index (χ1) is 18.8. The Morgan fingerprint density at radius 1 is 0.368 bits per heavy atom. The van der Waals surface area contributed by atoms with Gasteiger partial charge in [0.2, 0.25) is 0 Å². The summed E-state index contributed by atoms with van der Waals surface area (Å²) in [6, 6.07) is 43.0. The molecule has 0 aliphatic heterocycles. The van der Waals surface area contributed by atoms with E-state index in [1.165, 1.54) is 32.7 Å². The van der Waals surface area contributed by atoms with Gasteiger partial charge < -0.3 is 0 Å². The van der Waals surface area contributed by atoms with Crippen molar-refractivity contribution in [3.63, 3.8) is 0 Å². The molecule has 0 aliphatic rings. The number of hydrogen-bond donors (Lipinski definition) is 0. The highest BCUT2D eigenvalue weighted by molar-refractivity contribution is 5.99. The lowest BCUT2D eigenvalue weighted by molar-refractivity contribution is 1.18. The van der Waals surface area contributed by atoms with Crippen molar-refractivity contribution >= 4 is 21.5 Å². The second-order valence-corrected chi connectivity index (χ2v) is 9.42. The third-order valence-electron chi connectivity index (χ3n) is 6.98. The third-order valence-corrected chi connectivity index (χ3v) is 6.98. The Balaban J connectivity index is 1.36. The van der Waals surface area contributed by atoms with Gasteiger partial charge in [0.1, 0.15) is 5.69 Å². The van der Waals surface area contributed by atoms with Gasteiger partial charge in [-0.05, 0) is 74.1 Å². The molecular weight excluding hydrogens is 462 g/mol. The SMILES string of the molecule is c1ccc(-c2ccc(-c3cc(-c4ccc5cc6ccccc6cc5c4)cc(-c4cnccn4)n3)cc2)cc1. The number of nitrogens with zero attached hydrogens (tertiary/aromatic N) is 3. The molecule has 2 aromatic heterocycles. The van der Waals surface area contributed by atoms with E-state index >= 15 is 0 Å². The van der Waals surface area contributed by atoms with Crippen LogP contribution >= 0.6 is 0 Å². The largest absolute Gasteiger partial charge is 0.261 e. The smallest absolute Gasteiger partial charge is 0.107 e. The van der Waals surface area contributed by atoms with E-state index in [0.717, 1.165) is 33.8 Å². The van der Waals surface area contributed by atoms with Gasteiger partial charge in [0.05, 0.1) is 17.6 Å². The van der Waals surface area contributed by atoms with Crippen LogP contribution in [0.5, 0.6) is 0 Å². The van der Waals surface area contributed by atoms with Crippen molar-refractivity contribution < 1.29 is 0 Å². The maximum Gasteiger partial charge on any atom is 0.107 e. The summed E-state index contributed by atoms with van der Waals surface area (Å²) in [4.78, 5) is 13.8. The molecule has 0 saturated carbocycles. The lowest BCUT2D eigenvalue weighted by Gasteiger charge is -2.11. The molecule has 0 saturated heterocycles. The summed E-state index contributed by atoms with van der Waals surface area (Å²) in [5.41, 5.74) is 8.14. The number of aromatic nitrogens is 3. The Bertz CT molecular complexity index is 1890. The van der Waals surface area contributed by atoms with E-state index < -0.39 is 0 Å². The number of rotatable bonds is 4. The maximum atomic E-state index is 5.00. The molecule has 0 amide bonds. The Kier molecular flexibility index (Phi) is 5.45. The van der Waals surface area contributed by atoms with Crippen LogP contribution in [0.3, 0.4) is 0 Å². The second kappa shape index (κ2) is 9.38. The van der Waals surface area contributed by atoms with Crippen LogP contribution < -0.4 is 0 Å². The summed E-state index contributed by atoms with van der Waals surface area (Å²) in [5, 5.41) is 4.94. The summed E-state index contributed by atoms with van der Waals surface area (Å²) in [6.07, 6.45) is 5.16. The topological polar surface area (TPSA) is 38.7 Å². The lowest BCUT2D eigenvalue weighted by atomic mass is 9.96. The molecule has 0 bridgehead atoms. The second-order valence-electron chi connectivity index (χ2n) is 9.42. The van der Waals surface area contributed by atoms with E-state index in [2.05, 4.69) is 125 Å². The van der Waals surface area contributed by atoms with Gasteiger partial charge in [0.15, 0.2) is 0 Å². The summed E-state index contributed by atoms with van der Waals surface area (Å²) in [5.74, 6) is 0. The molecule has 38 heavy (non-hydrogen) atoms. The quantitative estimate of drug-likeness (QED) is 0.234. The van der Waals surface area contributed by atoms with Crippen molar-refractivity contribution in [2.75, 3.05) is 0 Å². The van der Waals surface area contributed by atoms with Crippen molar-refractivity contribution in [1.82, 2.24) is 15.0 Å². The Morgan fingerprint density at radius 3 is 1.76 bits per heavy atom. The summed E-state index contributed by atoms with van der Waals surface area (Å²) in [6.45, 7) is 0. The first-order valence-corrected chi connectivity index (χ1v) is 12.7. The molecule has 7 aromatic rings. The van der Waals surface area contributed by atoms with Crippen LogP contribution in [0, 0.1) is 0 Å². The van der Waals surface area contributed by atoms with Gasteiger partial charge in [-0.3, -0.25) is 9.97 Å². The van der Waals surface area contributed by atoms with E-state index in [-0.39, 0.29) is 0 Å². The van der Waals surface area contributed by atoms with Gasteiger partial charge in [-0.1, -0.05) is 91.0 Å². The minimum absolute atomic E-state index is 0.753. The fraction of sp³-hybridized carbons (Fsp3) is 0. The number of hydrogen-bond acceptors (Lipinski definition) is 3. The molecule has 2 heterocycles. The van der Waals surface area contributed by atoms with Crippen LogP contribution in [0.25, 0.3) is 66.4 Å². The number of pyridine rings is 1. The van der Waals surface area contributed by atoms with Crippen molar-refractivity contribution in [1.29, 1.82) is 0 Å². The fourth-order valence-electron chi connectivity index (χ4n) is 4.99. The number of fused-ring (bicyclic) bond motifs is 2. The zero-order chi connectivity index (χ0) is 25.3. The lowest BCUT2D eigenvalue weighted by Crippen LogP contribution is -1.93. The zero-order valence-corrected chi connectivity index (χ0v) is 20.6. The van der Waals surface area contributed by atoms with Crippen molar-refractivity contribution in [3.05, 3.63) is 140 Å². The molecule has 0 atom stereocenters. The van der Waals surface area contributed by atoms with E-state index in [0.29, 0.717) is 0 Å². The van der Waals surface area contributed by atoms with Crippen molar-refractivity contribution in [3.8, 4) is 44.9 Å². The van der Waals surface area contributed by atoms with Gasteiger partial charge in [0, 0.05) is 18.0 Å². The molecule has 7 rings (SSSR count). The number of benzene rings is 5. The molecule has 3 heteroatoms. The van der Waals surface area contributed by atoms with Gasteiger partial charge >= 0.3 is 0 Å². The minimum atomic E-state index is 0.753. The summed E-state index contributed by atoms with van der Waals surface area (Å²) in [7, 11) is 0. The molecule has 0 spiro atoms. The van der Waals surface area contributed by atoms with Crippen LogP contribution in [0.2, 0.25) is 0 Å². The Hall–Kier alpha value is -5.15. The molecule has 0 unspecified atom stereocenters. The molecule has 0 N–H and O–H groups in total. The first kappa shape index (κ1) is 22.1. The van der Waals surface area contributed by atoms with Crippen LogP contribution in [0.4, 0.5) is 0 Å². The monoisotopic (exact) mass is 485 g/mol. The molecule has 0 fully saturated rings. The van der Waals surface area contributed by atoms with Gasteiger partial charge in [-0.15, -0.1) is 0 Å². The highest BCUT2D eigenvalue weighted by Gasteiger charge is 2.11. The van der Waals surface area contributed by atoms with E-state index in [4.69, 9.17) is 4.98 Å². The van der Waals surface area contributed by atoms with E-state index in [1.54, 1.807) is 18.6 Å². The predicted octanol–water partition coefficient (Wildman–Crippen LogP) is 8.85. The van der Waals surface area contributed by atoms with Crippen LogP contribution in [0.1, 0.15) is 0 Å². The van der Waals surface area contributed by atoms with E-state index in [1.807, 2.05) is 6.07 Å². The van der Waals surface area contributed by atoms with Crippen LogP contribution in [-0.2, 0) is 0 Å². The summed E-state index contributed by atoms with van der Waals surface area (Å²) >= 11 is 0. The molecule has 0 aliphatic carbocycles. The molecule has 5 aromatic carbocycles. The molecule has 178 valence electrons. The average Bonchev–Trinajstić information content (AvgIpc) is 3.00. The Labute approximate surface area is 221 Å². The standard InChI is InChI=1S/C35H23N3/c1-2-6-24(7-3-1)25-10-12-26(13-11-25)33-21-32(22-34(38-33)35-23-36-16-17-37-35)30-15-14-29-18-27-8-4-5-9-28(27)19-31(29)20-30/h1-23H. The van der Waals surface area contributed by atoms with Crippen molar-refractivity contribution in [2.45, 2.75) is 0 Å². The van der Waals surface area contributed by atoms with Crippen LogP contribution in [-0.4, -0.2) is 15.0 Å². The van der Waals surface area contributed by atoms with Gasteiger partial charge in [-0.2, -0.15) is 0 Å². The molecule has 0 radical (unpaired) electrons. The Morgan fingerprint density at radius 2 is 1.00 bits per heavy atom. The highest BCUT2D eigenvalue weighted by atomic mass is 14.8. The first-order valence-electron chi connectivity index (χ1n) is 12.7. The van der Waals surface area contributed by atoms with Crippen molar-refractivity contribution in [2.24, 2.45) is 0 Å². The normalized spacial score (nSPS) is 11.2. The van der Waals surface area contributed by atoms with Gasteiger partial charge in [0.25, 0.3) is 0 Å². The van der Waals surface area contributed by atoms with Crippen LogP contribution in [0.15, 0.2) is 140 Å². The minimum Gasteiger partial charge on any atom is -0.261 e. The third kappa shape index (κ3) is 4.21. The highest BCUT2D eigenvalue weighted by Crippen LogP contribution is 2.33. The fourth-order valence-corrected chi connectivity index (χ4v) is 4.99. The maximum absolute atomic E-state index is 5.00. The zero-order valence-electron chi connectivity index (χ0n) is 20.6.